The van der Waals surface area contributed by atoms with Crippen LogP contribution in [0.2, 0.25) is 0 Å². The molecule has 1 rings (SSSR count). The topological polar surface area (TPSA) is 65.5 Å². The first-order valence-electron chi connectivity index (χ1n) is 8.46. The van der Waals surface area contributed by atoms with Gasteiger partial charge in [0.15, 0.2) is 5.96 Å². The number of hydrogen-bond acceptors (Lipinski definition) is 3. The average molecular weight is 456 g/mol. The van der Waals surface area contributed by atoms with E-state index in [0.717, 1.165) is 24.2 Å². The number of thioether (sulfide) groups is 1. The van der Waals surface area contributed by atoms with Crippen LogP contribution in [0.5, 0.6) is 0 Å². The highest BCUT2D eigenvalue weighted by atomic mass is 127. The number of hydrogen-bond donors (Lipinski definition) is 3. The van der Waals surface area contributed by atoms with Crippen molar-refractivity contribution in [1.82, 2.24) is 16.0 Å². The summed E-state index contributed by atoms with van der Waals surface area (Å²) in [7, 11) is 0. The fourth-order valence-electron chi connectivity index (χ4n) is 2.52. The van der Waals surface area contributed by atoms with Crippen molar-refractivity contribution in [1.29, 1.82) is 0 Å². The molecule has 0 aliphatic heterocycles. The van der Waals surface area contributed by atoms with Crippen molar-refractivity contribution in [2.45, 2.75) is 70.2 Å². The van der Waals surface area contributed by atoms with Crippen LogP contribution in [0.1, 0.15) is 52.9 Å². The van der Waals surface area contributed by atoms with E-state index in [0.29, 0.717) is 19.0 Å². The Labute approximate surface area is 162 Å². The van der Waals surface area contributed by atoms with Crippen LogP contribution < -0.4 is 16.0 Å². The molecule has 1 amide bonds. The van der Waals surface area contributed by atoms with Crippen molar-refractivity contribution in [3.05, 3.63) is 0 Å². The van der Waals surface area contributed by atoms with E-state index in [1.807, 2.05) is 18.7 Å². The van der Waals surface area contributed by atoms with Crippen molar-refractivity contribution in [2.24, 2.45) is 4.99 Å². The van der Waals surface area contributed by atoms with Gasteiger partial charge in [0.2, 0.25) is 5.91 Å². The van der Waals surface area contributed by atoms with Gasteiger partial charge in [0.25, 0.3) is 0 Å². The summed E-state index contributed by atoms with van der Waals surface area (Å²) < 4.78 is 0. The van der Waals surface area contributed by atoms with E-state index in [4.69, 9.17) is 0 Å². The van der Waals surface area contributed by atoms with Gasteiger partial charge in [0.05, 0.1) is 6.54 Å². The average Bonchev–Trinajstić information content (AvgIpc) is 2.94. The zero-order valence-corrected chi connectivity index (χ0v) is 18.0. The molecule has 1 aliphatic carbocycles. The van der Waals surface area contributed by atoms with Crippen LogP contribution in [0, 0.1) is 0 Å². The third kappa shape index (κ3) is 9.64. The maximum absolute atomic E-state index is 11.8. The van der Waals surface area contributed by atoms with Crippen LogP contribution in [0.15, 0.2) is 4.99 Å². The van der Waals surface area contributed by atoms with Gasteiger partial charge < -0.3 is 16.0 Å². The molecule has 1 aliphatic rings. The van der Waals surface area contributed by atoms with Gasteiger partial charge >= 0.3 is 0 Å². The van der Waals surface area contributed by atoms with Gasteiger partial charge in [-0.25, -0.2) is 0 Å². The zero-order valence-electron chi connectivity index (χ0n) is 14.9. The third-order valence-corrected chi connectivity index (χ3v) is 5.13. The van der Waals surface area contributed by atoms with E-state index >= 15 is 0 Å². The summed E-state index contributed by atoms with van der Waals surface area (Å²) in [6, 6.07) is 0.744. The molecule has 3 unspecified atom stereocenters. The Kier molecular flexibility index (Phi) is 13.0. The summed E-state index contributed by atoms with van der Waals surface area (Å²) in [6.45, 7) is 7.51. The fourth-order valence-corrected chi connectivity index (χ4v) is 3.31. The molecule has 0 heterocycles. The second-order valence-corrected chi connectivity index (χ2v) is 7.04. The number of guanidine groups is 1. The third-order valence-electron chi connectivity index (χ3n) is 4.03. The summed E-state index contributed by atoms with van der Waals surface area (Å²) >= 11 is 1.95. The minimum atomic E-state index is 0. The molecule has 0 aromatic rings. The minimum absolute atomic E-state index is 0. The molecule has 1 fully saturated rings. The highest BCUT2D eigenvalue weighted by Gasteiger charge is 2.24. The Hall–Kier alpha value is -0.180. The van der Waals surface area contributed by atoms with E-state index in [9.17, 15) is 4.79 Å². The molecule has 0 aromatic carbocycles. The Morgan fingerprint density at radius 1 is 1.35 bits per heavy atom. The summed E-state index contributed by atoms with van der Waals surface area (Å²) in [5.41, 5.74) is 0. The smallest absolute Gasteiger partial charge is 0.222 e. The SMILES string of the molecule is CCNC(=NCCC(=O)NC(C)CC)NC1CCC(SC)C1.I. The van der Waals surface area contributed by atoms with Gasteiger partial charge in [-0.05, 0) is 45.8 Å². The van der Waals surface area contributed by atoms with Gasteiger partial charge in [-0.2, -0.15) is 11.8 Å². The molecule has 0 spiro atoms. The monoisotopic (exact) mass is 456 g/mol. The lowest BCUT2D eigenvalue weighted by Gasteiger charge is -2.17. The van der Waals surface area contributed by atoms with Crippen LogP contribution in [-0.4, -0.2) is 48.5 Å². The number of nitrogens with one attached hydrogen (secondary N) is 3. The van der Waals surface area contributed by atoms with E-state index in [-0.39, 0.29) is 35.9 Å². The van der Waals surface area contributed by atoms with E-state index in [1.165, 1.54) is 19.3 Å². The first-order chi connectivity index (χ1) is 10.6. The molecule has 5 nitrogen and oxygen atoms in total. The molecule has 7 heteroatoms. The number of halogens is 1. The summed E-state index contributed by atoms with van der Waals surface area (Å²) in [5.74, 6) is 0.919. The highest BCUT2D eigenvalue weighted by molar-refractivity contribution is 14.0. The molecule has 0 aromatic heterocycles. The Morgan fingerprint density at radius 2 is 2.09 bits per heavy atom. The van der Waals surface area contributed by atoms with Gasteiger partial charge in [0, 0.05) is 30.3 Å². The standard InChI is InChI=1S/C16H32N4OS.HI/c1-5-12(3)19-15(21)9-10-18-16(17-6-2)20-13-7-8-14(11-13)22-4;/h12-14H,5-11H2,1-4H3,(H,19,21)(H2,17,18,20);1H. The van der Waals surface area contributed by atoms with Gasteiger partial charge in [-0.3, -0.25) is 9.79 Å². The molecule has 3 N–H and O–H groups in total. The largest absolute Gasteiger partial charge is 0.357 e. The van der Waals surface area contributed by atoms with Crippen molar-refractivity contribution in [3.8, 4) is 0 Å². The molecule has 0 saturated heterocycles. The molecular formula is C16H33IN4OS. The Morgan fingerprint density at radius 3 is 2.65 bits per heavy atom. The van der Waals surface area contributed by atoms with Crippen LogP contribution in [0.25, 0.3) is 0 Å². The maximum Gasteiger partial charge on any atom is 0.222 e. The number of carbonyl (C=O) groups excluding carboxylic acids is 1. The Bertz CT molecular complexity index is 368. The summed E-state index contributed by atoms with van der Waals surface area (Å²) in [4.78, 5) is 16.3. The van der Waals surface area contributed by atoms with Crippen molar-refractivity contribution >= 4 is 47.6 Å². The minimum Gasteiger partial charge on any atom is -0.357 e. The van der Waals surface area contributed by atoms with Crippen LogP contribution in [0.4, 0.5) is 0 Å². The summed E-state index contributed by atoms with van der Waals surface area (Å²) in [5, 5.41) is 10.5. The number of nitrogens with zero attached hydrogens (tertiary/aromatic N) is 1. The molecule has 0 bridgehead atoms. The van der Waals surface area contributed by atoms with Crippen LogP contribution in [0.3, 0.4) is 0 Å². The van der Waals surface area contributed by atoms with Crippen molar-refractivity contribution < 1.29 is 4.79 Å². The van der Waals surface area contributed by atoms with E-state index < -0.39 is 0 Å². The lowest BCUT2D eigenvalue weighted by atomic mass is 10.2. The molecule has 0 radical (unpaired) electrons. The lowest BCUT2D eigenvalue weighted by Crippen LogP contribution is -2.42. The van der Waals surface area contributed by atoms with Gasteiger partial charge in [0.1, 0.15) is 0 Å². The highest BCUT2D eigenvalue weighted by Crippen LogP contribution is 2.27. The lowest BCUT2D eigenvalue weighted by molar-refractivity contribution is -0.121. The Balaban J connectivity index is 0.00000484. The number of rotatable bonds is 8. The molecule has 136 valence electrons. The van der Waals surface area contributed by atoms with Crippen LogP contribution in [-0.2, 0) is 4.79 Å². The fraction of sp³-hybridized carbons (Fsp3) is 0.875. The number of carbonyl (C=O) groups is 1. The molecule has 1 saturated carbocycles. The molecule has 3 atom stereocenters. The van der Waals surface area contributed by atoms with E-state index in [1.54, 1.807) is 0 Å². The normalized spacial score (nSPS) is 22.2. The predicted molar refractivity (Wildman–Crippen MR) is 112 cm³/mol. The van der Waals surface area contributed by atoms with Crippen molar-refractivity contribution in [3.63, 3.8) is 0 Å². The summed E-state index contributed by atoms with van der Waals surface area (Å²) in [6.07, 6.45) is 7.25. The number of aliphatic imine (C=N–C) groups is 1. The quantitative estimate of drug-likeness (QED) is 0.299. The van der Waals surface area contributed by atoms with Crippen LogP contribution >= 0.6 is 35.7 Å². The second-order valence-electron chi connectivity index (χ2n) is 5.90. The van der Waals surface area contributed by atoms with Gasteiger partial charge in [-0.15, -0.1) is 24.0 Å². The molecular weight excluding hydrogens is 423 g/mol. The van der Waals surface area contributed by atoms with Crippen molar-refractivity contribution in [2.75, 3.05) is 19.3 Å². The predicted octanol–water partition coefficient (Wildman–Crippen LogP) is 2.75. The first kappa shape index (κ1) is 22.8. The zero-order chi connectivity index (χ0) is 16.4. The molecule has 23 heavy (non-hydrogen) atoms. The second kappa shape index (κ2) is 13.1. The maximum atomic E-state index is 11.8. The first-order valence-corrected chi connectivity index (χ1v) is 9.74. The number of amides is 1. The van der Waals surface area contributed by atoms with Gasteiger partial charge in [-0.1, -0.05) is 6.92 Å². The van der Waals surface area contributed by atoms with E-state index in [2.05, 4.69) is 41.0 Å².